The Bertz CT molecular complexity index is 192. The molecule has 0 aromatic carbocycles. The van der Waals surface area contributed by atoms with E-state index in [0.717, 1.165) is 32.1 Å². The van der Waals surface area contributed by atoms with Crippen LogP contribution in [0.4, 0.5) is 0 Å². The average molecular weight is 215 g/mol. The third-order valence-corrected chi connectivity index (χ3v) is 2.11. The minimum atomic E-state index is -0.235. The molecule has 0 aliphatic carbocycles. The van der Waals surface area contributed by atoms with Gasteiger partial charge >= 0.3 is 5.97 Å². The summed E-state index contributed by atoms with van der Waals surface area (Å²) in [6.45, 7) is 2.26. The van der Waals surface area contributed by atoms with Crippen molar-refractivity contribution in [3.8, 4) is 0 Å². The molecule has 0 aromatic rings. The van der Waals surface area contributed by atoms with E-state index in [1.807, 2.05) is 6.92 Å². The van der Waals surface area contributed by atoms with E-state index in [0.29, 0.717) is 19.4 Å². The summed E-state index contributed by atoms with van der Waals surface area (Å²) < 4.78 is 4.80. The second-order valence-electron chi connectivity index (χ2n) is 3.54. The summed E-state index contributed by atoms with van der Waals surface area (Å²) in [4.78, 5) is 21.3. The highest BCUT2D eigenvalue weighted by molar-refractivity contribution is 5.73. The van der Waals surface area contributed by atoms with Gasteiger partial charge in [0.1, 0.15) is 0 Å². The molecule has 0 spiro atoms. The fourth-order valence-corrected chi connectivity index (χ4v) is 1.33. The zero-order valence-corrected chi connectivity index (χ0v) is 9.46. The Morgan fingerprint density at radius 1 is 1.00 bits per heavy atom. The number of rotatable bonds is 9. The first-order chi connectivity index (χ1) is 7.16. The zero-order chi connectivity index (χ0) is 11.5. The SMILES string of the molecule is CCOC(=O)CCCCCCCC(N)=O. The Kier molecular flexibility index (Phi) is 8.82. The van der Waals surface area contributed by atoms with Gasteiger partial charge in [-0.25, -0.2) is 0 Å². The van der Waals surface area contributed by atoms with Crippen LogP contribution in [0.2, 0.25) is 0 Å². The largest absolute Gasteiger partial charge is 0.466 e. The minimum Gasteiger partial charge on any atom is -0.466 e. The first-order valence-electron chi connectivity index (χ1n) is 5.60. The van der Waals surface area contributed by atoms with E-state index in [1.165, 1.54) is 0 Å². The van der Waals surface area contributed by atoms with E-state index >= 15 is 0 Å². The topological polar surface area (TPSA) is 69.4 Å². The predicted octanol–water partition coefficient (Wildman–Crippen LogP) is 1.77. The first-order valence-corrected chi connectivity index (χ1v) is 5.60. The van der Waals surface area contributed by atoms with E-state index in [9.17, 15) is 9.59 Å². The number of hydrogen-bond acceptors (Lipinski definition) is 3. The van der Waals surface area contributed by atoms with Crippen LogP contribution in [0.1, 0.15) is 51.9 Å². The second kappa shape index (κ2) is 9.49. The monoisotopic (exact) mass is 215 g/mol. The molecular weight excluding hydrogens is 194 g/mol. The van der Waals surface area contributed by atoms with Crippen molar-refractivity contribution in [1.29, 1.82) is 0 Å². The Labute approximate surface area is 91.2 Å². The highest BCUT2D eigenvalue weighted by Gasteiger charge is 2.00. The molecule has 0 fully saturated rings. The van der Waals surface area contributed by atoms with Gasteiger partial charge in [0.05, 0.1) is 6.61 Å². The van der Waals surface area contributed by atoms with Crippen molar-refractivity contribution in [2.24, 2.45) is 5.73 Å². The molecule has 2 N–H and O–H groups in total. The standard InChI is InChI=1S/C11H21NO3/c1-2-15-11(14)9-7-5-3-4-6-8-10(12)13/h2-9H2,1H3,(H2,12,13). The summed E-state index contributed by atoms with van der Waals surface area (Å²) in [5.41, 5.74) is 5.01. The van der Waals surface area contributed by atoms with Crippen molar-refractivity contribution in [1.82, 2.24) is 0 Å². The maximum absolute atomic E-state index is 10.9. The van der Waals surface area contributed by atoms with Crippen molar-refractivity contribution in [3.05, 3.63) is 0 Å². The Hall–Kier alpha value is -1.06. The maximum atomic E-state index is 10.9. The quantitative estimate of drug-likeness (QED) is 0.470. The van der Waals surface area contributed by atoms with Gasteiger partial charge in [-0.05, 0) is 19.8 Å². The molecule has 4 nitrogen and oxygen atoms in total. The Balaban J connectivity index is 3.11. The highest BCUT2D eigenvalue weighted by Crippen LogP contribution is 2.07. The molecule has 0 saturated heterocycles. The molecule has 0 aliphatic rings. The molecule has 0 atom stereocenters. The van der Waals surface area contributed by atoms with E-state index in [-0.39, 0.29) is 11.9 Å². The van der Waals surface area contributed by atoms with Crippen LogP contribution in [0.3, 0.4) is 0 Å². The van der Waals surface area contributed by atoms with Gasteiger partial charge in [0.25, 0.3) is 0 Å². The lowest BCUT2D eigenvalue weighted by Crippen LogP contribution is -2.09. The number of carbonyl (C=O) groups is 2. The summed E-state index contributed by atoms with van der Waals surface area (Å²) in [5.74, 6) is -0.351. The van der Waals surface area contributed by atoms with Crippen LogP contribution in [-0.2, 0) is 14.3 Å². The third kappa shape index (κ3) is 10.9. The summed E-state index contributed by atoms with van der Waals surface area (Å²) >= 11 is 0. The first kappa shape index (κ1) is 13.9. The zero-order valence-electron chi connectivity index (χ0n) is 9.46. The summed E-state index contributed by atoms with van der Waals surface area (Å²) in [6, 6.07) is 0. The number of unbranched alkanes of at least 4 members (excludes halogenated alkanes) is 4. The number of esters is 1. The van der Waals surface area contributed by atoms with E-state index in [1.54, 1.807) is 0 Å². The third-order valence-electron chi connectivity index (χ3n) is 2.11. The average Bonchev–Trinajstić information content (AvgIpc) is 2.16. The molecule has 15 heavy (non-hydrogen) atoms. The molecule has 0 aromatic heterocycles. The van der Waals surface area contributed by atoms with E-state index in [2.05, 4.69) is 0 Å². The van der Waals surface area contributed by atoms with Crippen molar-refractivity contribution in [3.63, 3.8) is 0 Å². The number of hydrogen-bond donors (Lipinski definition) is 1. The molecule has 4 heteroatoms. The summed E-state index contributed by atoms with van der Waals surface area (Å²) in [5, 5.41) is 0. The number of amides is 1. The molecule has 0 bridgehead atoms. The van der Waals surface area contributed by atoms with Gasteiger partial charge in [-0.3, -0.25) is 9.59 Å². The fraction of sp³-hybridized carbons (Fsp3) is 0.818. The molecule has 0 radical (unpaired) electrons. The summed E-state index contributed by atoms with van der Waals surface area (Å²) in [7, 11) is 0. The molecule has 0 rings (SSSR count). The van der Waals surface area contributed by atoms with Crippen LogP contribution >= 0.6 is 0 Å². The lowest BCUT2D eigenvalue weighted by atomic mass is 10.1. The van der Waals surface area contributed by atoms with Gasteiger partial charge in [0.15, 0.2) is 0 Å². The second-order valence-corrected chi connectivity index (χ2v) is 3.54. The summed E-state index contributed by atoms with van der Waals surface area (Å²) in [6.07, 6.45) is 5.77. The lowest BCUT2D eigenvalue weighted by Gasteiger charge is -2.01. The van der Waals surface area contributed by atoms with Crippen molar-refractivity contribution >= 4 is 11.9 Å². The van der Waals surface area contributed by atoms with Crippen LogP contribution in [0, 0.1) is 0 Å². The Morgan fingerprint density at radius 2 is 1.53 bits per heavy atom. The molecule has 0 aliphatic heterocycles. The number of ether oxygens (including phenoxy) is 1. The van der Waals surface area contributed by atoms with Crippen LogP contribution in [0.25, 0.3) is 0 Å². The van der Waals surface area contributed by atoms with Crippen molar-refractivity contribution in [2.75, 3.05) is 6.61 Å². The number of primary amides is 1. The molecule has 88 valence electrons. The van der Waals surface area contributed by atoms with E-state index < -0.39 is 0 Å². The molecule has 1 amide bonds. The predicted molar refractivity (Wildman–Crippen MR) is 58.1 cm³/mol. The Morgan fingerprint density at radius 3 is 2.07 bits per heavy atom. The number of carbonyl (C=O) groups excluding carboxylic acids is 2. The van der Waals surface area contributed by atoms with Gasteiger partial charge in [-0.2, -0.15) is 0 Å². The normalized spacial score (nSPS) is 9.93. The van der Waals surface area contributed by atoms with Crippen LogP contribution in [-0.4, -0.2) is 18.5 Å². The molecule has 0 unspecified atom stereocenters. The van der Waals surface area contributed by atoms with Crippen LogP contribution in [0.5, 0.6) is 0 Å². The maximum Gasteiger partial charge on any atom is 0.305 e. The smallest absolute Gasteiger partial charge is 0.305 e. The van der Waals surface area contributed by atoms with Gasteiger partial charge in [-0.1, -0.05) is 19.3 Å². The van der Waals surface area contributed by atoms with E-state index in [4.69, 9.17) is 10.5 Å². The minimum absolute atomic E-state index is 0.116. The van der Waals surface area contributed by atoms with Gasteiger partial charge in [0, 0.05) is 12.8 Å². The molecular formula is C11H21NO3. The highest BCUT2D eigenvalue weighted by atomic mass is 16.5. The molecule has 0 heterocycles. The van der Waals surface area contributed by atoms with Crippen LogP contribution < -0.4 is 5.73 Å². The lowest BCUT2D eigenvalue weighted by molar-refractivity contribution is -0.143. The van der Waals surface area contributed by atoms with Crippen molar-refractivity contribution in [2.45, 2.75) is 51.9 Å². The van der Waals surface area contributed by atoms with Gasteiger partial charge < -0.3 is 10.5 Å². The fourth-order valence-electron chi connectivity index (χ4n) is 1.33. The van der Waals surface area contributed by atoms with Crippen LogP contribution in [0.15, 0.2) is 0 Å². The number of nitrogens with two attached hydrogens (primary N) is 1. The molecule has 0 saturated carbocycles. The van der Waals surface area contributed by atoms with Crippen molar-refractivity contribution < 1.29 is 14.3 Å². The van der Waals surface area contributed by atoms with Gasteiger partial charge in [-0.15, -0.1) is 0 Å². The van der Waals surface area contributed by atoms with Gasteiger partial charge in [0.2, 0.25) is 5.91 Å².